The quantitative estimate of drug-likeness (QED) is 0.804. The van der Waals surface area contributed by atoms with Crippen LogP contribution in [0.3, 0.4) is 0 Å². The van der Waals surface area contributed by atoms with Crippen molar-refractivity contribution in [1.29, 1.82) is 0 Å². The van der Waals surface area contributed by atoms with E-state index in [2.05, 4.69) is 39.6 Å². The number of allylic oxidation sites excluding steroid dienone is 1. The zero-order chi connectivity index (χ0) is 18.8. The Morgan fingerprint density at radius 3 is 2.68 bits per heavy atom. The number of aromatic nitrogens is 2. The molecule has 1 saturated carbocycles. The number of nitrogens with zero attached hydrogens (tertiary/aromatic N) is 3. The van der Waals surface area contributed by atoms with Crippen molar-refractivity contribution in [1.82, 2.24) is 14.9 Å². The van der Waals surface area contributed by atoms with Gasteiger partial charge in [-0.25, -0.2) is 4.98 Å². The summed E-state index contributed by atoms with van der Waals surface area (Å²) in [5, 5.41) is 5.43. The number of fused-ring (bicyclic) bond motifs is 1. The van der Waals surface area contributed by atoms with Gasteiger partial charge in [0, 0.05) is 55.7 Å². The largest absolute Gasteiger partial charge is 0.381 e. The average molecular weight is 381 g/mol. The lowest BCUT2D eigenvalue weighted by molar-refractivity contribution is -0.589. The van der Waals surface area contributed by atoms with Gasteiger partial charge in [0.25, 0.3) is 0 Å². The highest BCUT2D eigenvalue weighted by Crippen LogP contribution is 2.36. The molecular formula is C22H30N5O+. The third-order valence-corrected chi connectivity index (χ3v) is 6.57. The molecule has 6 nitrogen and oxygen atoms in total. The summed E-state index contributed by atoms with van der Waals surface area (Å²) in [7, 11) is 0. The molecule has 3 N–H and O–H groups in total. The SMILES string of the molecule is C1=N[NH2+]C=C1c1c[nH]c2ncc(C3CCC(N4CCCOCCC4)CC3)cc12. The normalized spacial score (nSPS) is 26.9. The van der Waals surface area contributed by atoms with Crippen LogP contribution in [-0.4, -0.2) is 53.4 Å². The van der Waals surface area contributed by atoms with E-state index in [-0.39, 0.29) is 0 Å². The van der Waals surface area contributed by atoms with Gasteiger partial charge in [0.05, 0.1) is 11.8 Å². The molecule has 1 saturated heterocycles. The summed E-state index contributed by atoms with van der Waals surface area (Å²) in [4.78, 5) is 10.8. The van der Waals surface area contributed by atoms with Crippen molar-refractivity contribution in [3.05, 3.63) is 35.8 Å². The second kappa shape index (κ2) is 8.15. The van der Waals surface area contributed by atoms with Crippen LogP contribution in [0.4, 0.5) is 0 Å². The maximum Gasteiger partial charge on any atom is 0.137 e. The van der Waals surface area contributed by atoms with Gasteiger partial charge in [-0.05, 0) is 56.1 Å². The van der Waals surface area contributed by atoms with Gasteiger partial charge in [-0.1, -0.05) is 5.10 Å². The summed E-state index contributed by atoms with van der Waals surface area (Å²) < 4.78 is 5.61. The Labute approximate surface area is 166 Å². The van der Waals surface area contributed by atoms with Crippen LogP contribution < -0.4 is 5.43 Å². The fourth-order valence-corrected chi connectivity index (χ4v) is 5.02. The Bertz CT molecular complexity index is 870. The number of nitrogens with two attached hydrogens (primary N) is 1. The molecule has 2 aromatic heterocycles. The van der Waals surface area contributed by atoms with E-state index in [0.29, 0.717) is 5.92 Å². The molecule has 0 radical (unpaired) electrons. The number of rotatable bonds is 3. The van der Waals surface area contributed by atoms with Crippen LogP contribution in [0.5, 0.6) is 0 Å². The number of hydrogen-bond donors (Lipinski definition) is 2. The Balaban J connectivity index is 1.29. The first-order valence-corrected chi connectivity index (χ1v) is 10.7. The summed E-state index contributed by atoms with van der Waals surface area (Å²) in [6, 6.07) is 3.11. The lowest BCUT2D eigenvalue weighted by Gasteiger charge is -2.38. The van der Waals surface area contributed by atoms with E-state index in [1.807, 2.05) is 11.6 Å². The molecule has 2 fully saturated rings. The Morgan fingerprint density at radius 1 is 1.11 bits per heavy atom. The van der Waals surface area contributed by atoms with Crippen LogP contribution in [0, 0.1) is 0 Å². The zero-order valence-corrected chi connectivity index (χ0v) is 16.4. The average Bonchev–Trinajstić information content (AvgIpc) is 3.37. The topological polar surface area (TPSA) is 70.1 Å². The van der Waals surface area contributed by atoms with Gasteiger partial charge >= 0.3 is 0 Å². The van der Waals surface area contributed by atoms with E-state index in [1.165, 1.54) is 68.1 Å². The third kappa shape index (κ3) is 3.64. The molecule has 2 aromatic rings. The van der Waals surface area contributed by atoms with Crippen molar-refractivity contribution in [2.24, 2.45) is 5.10 Å². The zero-order valence-electron chi connectivity index (χ0n) is 16.4. The highest BCUT2D eigenvalue weighted by molar-refractivity contribution is 6.14. The van der Waals surface area contributed by atoms with Crippen molar-refractivity contribution in [2.75, 3.05) is 26.3 Å². The summed E-state index contributed by atoms with van der Waals surface area (Å²) in [5.41, 5.74) is 6.58. The number of nitrogens with one attached hydrogen (secondary N) is 1. The van der Waals surface area contributed by atoms with Crippen LogP contribution in [0.2, 0.25) is 0 Å². The van der Waals surface area contributed by atoms with Crippen molar-refractivity contribution in [2.45, 2.75) is 50.5 Å². The van der Waals surface area contributed by atoms with E-state index in [9.17, 15) is 0 Å². The minimum absolute atomic E-state index is 0.631. The molecule has 1 aliphatic carbocycles. The fraction of sp³-hybridized carbons (Fsp3) is 0.545. The number of aromatic amines is 1. The Morgan fingerprint density at radius 2 is 1.93 bits per heavy atom. The van der Waals surface area contributed by atoms with Crippen LogP contribution in [-0.2, 0) is 4.74 Å². The molecule has 0 aromatic carbocycles. The number of hydrogen-bond acceptors (Lipinski definition) is 4. The maximum atomic E-state index is 5.61. The third-order valence-electron chi connectivity index (χ3n) is 6.57. The molecule has 3 aliphatic rings. The maximum absolute atomic E-state index is 5.61. The van der Waals surface area contributed by atoms with Gasteiger partial charge in [0.1, 0.15) is 11.8 Å². The van der Waals surface area contributed by atoms with E-state index in [4.69, 9.17) is 9.72 Å². The number of ether oxygens (including phenoxy) is 1. The van der Waals surface area contributed by atoms with Gasteiger partial charge in [-0.3, -0.25) is 0 Å². The van der Waals surface area contributed by atoms with E-state index in [0.717, 1.165) is 30.5 Å². The van der Waals surface area contributed by atoms with Crippen molar-refractivity contribution in [3.8, 4) is 0 Å². The van der Waals surface area contributed by atoms with E-state index >= 15 is 0 Å². The van der Waals surface area contributed by atoms with Crippen molar-refractivity contribution in [3.63, 3.8) is 0 Å². The lowest BCUT2D eigenvalue weighted by atomic mass is 9.81. The highest BCUT2D eigenvalue weighted by atomic mass is 16.5. The fourth-order valence-electron chi connectivity index (χ4n) is 5.02. The molecule has 2 aliphatic heterocycles. The van der Waals surface area contributed by atoms with Crippen molar-refractivity contribution < 1.29 is 10.2 Å². The molecule has 0 amide bonds. The number of pyridine rings is 1. The molecule has 0 spiro atoms. The molecule has 4 heterocycles. The summed E-state index contributed by atoms with van der Waals surface area (Å²) >= 11 is 0. The molecule has 148 valence electrons. The summed E-state index contributed by atoms with van der Waals surface area (Å²) in [6.45, 7) is 4.25. The van der Waals surface area contributed by atoms with Crippen LogP contribution in [0.15, 0.2) is 29.8 Å². The standard InChI is InChI=1S/C22H29N5O/c1-7-27(8-2-10-28-9-1)19-5-3-16(4-6-19)17-11-20-21(18-13-25-26-14-18)15-24-22(20)23-12-17/h11-16,19H,1-10H2,(H,23,24)(H,25,26)/p+1. The summed E-state index contributed by atoms with van der Waals surface area (Å²) in [6.07, 6.45) is 15.6. The predicted molar refractivity (Wildman–Crippen MR) is 111 cm³/mol. The molecule has 0 unspecified atom stereocenters. The van der Waals surface area contributed by atoms with Gasteiger partial charge in [-0.15, -0.1) is 0 Å². The smallest absolute Gasteiger partial charge is 0.137 e. The predicted octanol–water partition coefficient (Wildman–Crippen LogP) is 2.61. The monoisotopic (exact) mass is 380 g/mol. The van der Waals surface area contributed by atoms with Gasteiger partial charge in [0.2, 0.25) is 0 Å². The van der Waals surface area contributed by atoms with E-state index in [1.54, 1.807) is 0 Å². The molecule has 6 heteroatoms. The minimum atomic E-state index is 0.631. The van der Waals surface area contributed by atoms with Gasteiger partial charge < -0.3 is 14.6 Å². The lowest BCUT2D eigenvalue weighted by Crippen LogP contribution is -2.69. The first-order chi connectivity index (χ1) is 13.9. The molecule has 5 rings (SSSR count). The van der Waals surface area contributed by atoms with Crippen molar-refractivity contribution >= 4 is 22.8 Å². The summed E-state index contributed by atoms with van der Waals surface area (Å²) in [5.74, 6) is 0.631. The molecule has 0 bridgehead atoms. The second-order valence-electron chi connectivity index (χ2n) is 8.28. The highest BCUT2D eigenvalue weighted by Gasteiger charge is 2.27. The molecule has 0 atom stereocenters. The van der Waals surface area contributed by atoms with Crippen LogP contribution >= 0.6 is 0 Å². The van der Waals surface area contributed by atoms with E-state index < -0.39 is 0 Å². The minimum Gasteiger partial charge on any atom is -0.381 e. The van der Waals surface area contributed by atoms with Crippen LogP contribution in [0.25, 0.3) is 16.6 Å². The second-order valence-corrected chi connectivity index (χ2v) is 8.28. The Hall–Kier alpha value is -2.02. The Kier molecular flexibility index (Phi) is 5.25. The molecular weight excluding hydrogens is 350 g/mol. The first kappa shape index (κ1) is 18.0. The number of quaternary nitrogens is 1. The first-order valence-electron chi connectivity index (χ1n) is 10.7. The van der Waals surface area contributed by atoms with Crippen LogP contribution in [0.1, 0.15) is 55.6 Å². The van der Waals surface area contributed by atoms with Gasteiger partial charge in [0.15, 0.2) is 0 Å². The molecule has 28 heavy (non-hydrogen) atoms. The van der Waals surface area contributed by atoms with Gasteiger partial charge in [-0.2, -0.15) is 5.43 Å². The number of H-pyrrole nitrogens is 1.